The summed E-state index contributed by atoms with van der Waals surface area (Å²) >= 11 is 0. The fraction of sp³-hybridized carbons (Fsp3) is 0.429. The van der Waals surface area contributed by atoms with Crippen molar-refractivity contribution in [1.82, 2.24) is 4.90 Å². The Kier molecular flexibility index (Phi) is 5.36. The first-order chi connectivity index (χ1) is 9.01. The van der Waals surface area contributed by atoms with Crippen LogP contribution in [0.2, 0.25) is 0 Å². The van der Waals surface area contributed by atoms with E-state index >= 15 is 0 Å². The van der Waals surface area contributed by atoms with Crippen LogP contribution in [0.1, 0.15) is 37.0 Å². The second-order valence-corrected chi connectivity index (χ2v) is 4.36. The molecule has 0 aliphatic rings. The van der Waals surface area contributed by atoms with Crippen LogP contribution in [0, 0.1) is 0 Å². The zero-order chi connectivity index (χ0) is 14.4. The van der Waals surface area contributed by atoms with Crippen LogP contribution < -0.4 is 5.32 Å². The number of nitrogens with zero attached hydrogens (tertiary/aromatic N) is 1. The minimum absolute atomic E-state index is 0.0915. The highest BCUT2D eigenvalue weighted by molar-refractivity contribution is 5.99. The molecule has 0 aliphatic carbocycles. The molecule has 0 spiro atoms. The van der Waals surface area contributed by atoms with Gasteiger partial charge in [0.05, 0.1) is 11.3 Å². The van der Waals surface area contributed by atoms with Crippen LogP contribution in [-0.4, -0.2) is 35.1 Å². The zero-order valence-corrected chi connectivity index (χ0v) is 11.5. The third-order valence-corrected chi connectivity index (χ3v) is 3.21. The Bertz CT molecular complexity index is 456. The van der Waals surface area contributed by atoms with Crippen molar-refractivity contribution in [1.29, 1.82) is 0 Å². The smallest absolute Gasteiger partial charge is 0.337 e. The van der Waals surface area contributed by atoms with Crippen molar-refractivity contribution in [2.45, 2.75) is 32.7 Å². The van der Waals surface area contributed by atoms with Crippen LogP contribution in [-0.2, 0) is 0 Å². The maximum absolute atomic E-state index is 12.1. The molecule has 19 heavy (non-hydrogen) atoms. The van der Waals surface area contributed by atoms with E-state index in [1.54, 1.807) is 30.1 Å². The van der Waals surface area contributed by atoms with Crippen molar-refractivity contribution >= 4 is 17.7 Å². The third-order valence-electron chi connectivity index (χ3n) is 3.21. The average molecular weight is 264 g/mol. The minimum Gasteiger partial charge on any atom is -0.478 e. The number of rotatable bonds is 5. The fourth-order valence-electron chi connectivity index (χ4n) is 1.98. The molecule has 0 radical (unpaired) electrons. The largest absolute Gasteiger partial charge is 0.478 e. The highest BCUT2D eigenvalue weighted by Gasteiger charge is 2.18. The maximum Gasteiger partial charge on any atom is 0.337 e. The molecule has 0 saturated heterocycles. The van der Waals surface area contributed by atoms with E-state index in [1.807, 2.05) is 13.8 Å². The molecule has 5 heteroatoms. The Morgan fingerprint density at radius 1 is 1.26 bits per heavy atom. The third kappa shape index (κ3) is 3.71. The molecule has 1 rings (SSSR count). The molecule has 0 aliphatic heterocycles. The van der Waals surface area contributed by atoms with Crippen molar-refractivity contribution < 1.29 is 14.7 Å². The summed E-state index contributed by atoms with van der Waals surface area (Å²) < 4.78 is 0. The highest BCUT2D eigenvalue weighted by Crippen LogP contribution is 2.16. The molecule has 0 fully saturated rings. The normalized spacial score (nSPS) is 10.3. The van der Waals surface area contributed by atoms with E-state index in [2.05, 4.69) is 5.32 Å². The van der Waals surface area contributed by atoms with Gasteiger partial charge in [0.25, 0.3) is 0 Å². The van der Waals surface area contributed by atoms with Crippen LogP contribution in [0.3, 0.4) is 0 Å². The van der Waals surface area contributed by atoms with Gasteiger partial charge in [-0.05, 0) is 25.0 Å². The van der Waals surface area contributed by atoms with Crippen LogP contribution in [0.25, 0.3) is 0 Å². The van der Waals surface area contributed by atoms with Gasteiger partial charge in [-0.25, -0.2) is 9.59 Å². The number of carboxylic acid groups (broad SMARTS) is 1. The van der Waals surface area contributed by atoms with Gasteiger partial charge < -0.3 is 15.3 Å². The lowest BCUT2D eigenvalue weighted by Crippen LogP contribution is -2.39. The molecule has 0 unspecified atom stereocenters. The number of aromatic carboxylic acids is 1. The zero-order valence-electron chi connectivity index (χ0n) is 11.5. The number of carbonyl (C=O) groups is 2. The lowest BCUT2D eigenvalue weighted by Gasteiger charge is -2.26. The maximum atomic E-state index is 12.1. The Labute approximate surface area is 113 Å². The molecule has 1 aromatic rings. The highest BCUT2D eigenvalue weighted by atomic mass is 16.4. The van der Waals surface area contributed by atoms with E-state index in [-0.39, 0.29) is 17.6 Å². The van der Waals surface area contributed by atoms with Crippen molar-refractivity contribution in [3.05, 3.63) is 29.8 Å². The molecule has 2 N–H and O–H groups in total. The summed E-state index contributed by atoms with van der Waals surface area (Å²) in [4.78, 5) is 24.7. The van der Waals surface area contributed by atoms with E-state index in [9.17, 15) is 9.59 Å². The molecule has 104 valence electrons. The molecule has 0 saturated carbocycles. The Morgan fingerprint density at radius 2 is 1.84 bits per heavy atom. The van der Waals surface area contributed by atoms with Crippen molar-refractivity contribution in [2.75, 3.05) is 12.4 Å². The molecular formula is C14H20N2O3. The molecule has 0 atom stereocenters. The van der Waals surface area contributed by atoms with Gasteiger partial charge in [0.1, 0.15) is 0 Å². The quantitative estimate of drug-likeness (QED) is 0.858. The summed E-state index contributed by atoms with van der Waals surface area (Å²) in [6.45, 7) is 4.03. The summed E-state index contributed by atoms with van der Waals surface area (Å²) in [6, 6.07) is 6.24. The lowest BCUT2D eigenvalue weighted by molar-refractivity contribution is 0.0698. The molecule has 0 heterocycles. The first-order valence-corrected chi connectivity index (χ1v) is 6.37. The second kappa shape index (κ2) is 6.78. The summed E-state index contributed by atoms with van der Waals surface area (Å²) in [5.74, 6) is -1.05. The van der Waals surface area contributed by atoms with Crippen LogP contribution >= 0.6 is 0 Å². The number of anilines is 1. The lowest BCUT2D eigenvalue weighted by atomic mass is 10.1. The first-order valence-electron chi connectivity index (χ1n) is 6.37. The molecule has 0 aromatic heterocycles. The summed E-state index contributed by atoms with van der Waals surface area (Å²) in [7, 11) is 1.72. The Hall–Kier alpha value is -2.04. The molecule has 5 nitrogen and oxygen atoms in total. The number of carbonyl (C=O) groups excluding carboxylic acids is 1. The first kappa shape index (κ1) is 15.0. The molecule has 2 amide bonds. The standard InChI is InChI=1S/C14H20N2O3/c1-4-10(5-2)16(3)14(19)15-12-9-7-6-8-11(12)13(17)18/h6-10H,4-5H2,1-3H3,(H,15,19)(H,17,18). The second-order valence-electron chi connectivity index (χ2n) is 4.36. The van der Waals surface area contributed by atoms with Gasteiger partial charge in [-0.2, -0.15) is 0 Å². The number of carboxylic acids is 1. The number of amides is 2. The van der Waals surface area contributed by atoms with Gasteiger partial charge in [0, 0.05) is 13.1 Å². The topological polar surface area (TPSA) is 69.6 Å². The average Bonchev–Trinajstić information content (AvgIpc) is 2.40. The van der Waals surface area contributed by atoms with Crippen molar-refractivity contribution in [3.8, 4) is 0 Å². The van der Waals surface area contributed by atoms with E-state index in [1.165, 1.54) is 6.07 Å². The van der Waals surface area contributed by atoms with Crippen LogP contribution in [0.5, 0.6) is 0 Å². The number of benzene rings is 1. The number of urea groups is 1. The summed E-state index contributed by atoms with van der Waals surface area (Å²) in [6.07, 6.45) is 1.72. The van der Waals surface area contributed by atoms with Crippen molar-refractivity contribution in [2.24, 2.45) is 0 Å². The SMILES string of the molecule is CCC(CC)N(C)C(=O)Nc1ccccc1C(=O)O. The van der Waals surface area contributed by atoms with Gasteiger partial charge in [-0.15, -0.1) is 0 Å². The van der Waals surface area contributed by atoms with Gasteiger partial charge in [0.2, 0.25) is 0 Å². The predicted octanol–water partition coefficient (Wildman–Crippen LogP) is 3.04. The van der Waals surface area contributed by atoms with Gasteiger partial charge >= 0.3 is 12.0 Å². The molecule has 0 bridgehead atoms. The fourth-order valence-corrected chi connectivity index (χ4v) is 1.98. The number of hydrogen-bond acceptors (Lipinski definition) is 2. The van der Waals surface area contributed by atoms with E-state index < -0.39 is 5.97 Å². The Morgan fingerprint density at radius 3 is 2.37 bits per heavy atom. The van der Waals surface area contributed by atoms with Crippen molar-refractivity contribution in [3.63, 3.8) is 0 Å². The van der Waals surface area contributed by atoms with E-state index in [0.717, 1.165) is 12.8 Å². The van der Waals surface area contributed by atoms with E-state index in [0.29, 0.717) is 5.69 Å². The van der Waals surface area contributed by atoms with Crippen LogP contribution in [0.15, 0.2) is 24.3 Å². The number of para-hydroxylation sites is 1. The molecule has 1 aromatic carbocycles. The monoisotopic (exact) mass is 264 g/mol. The predicted molar refractivity (Wildman–Crippen MR) is 74.6 cm³/mol. The van der Waals surface area contributed by atoms with Gasteiger partial charge in [0.15, 0.2) is 0 Å². The number of hydrogen-bond donors (Lipinski definition) is 2. The minimum atomic E-state index is -1.05. The van der Waals surface area contributed by atoms with Crippen LogP contribution in [0.4, 0.5) is 10.5 Å². The molecular weight excluding hydrogens is 244 g/mol. The number of nitrogens with one attached hydrogen (secondary N) is 1. The Balaban J connectivity index is 2.85. The summed E-state index contributed by atoms with van der Waals surface area (Å²) in [5.41, 5.74) is 0.409. The summed E-state index contributed by atoms with van der Waals surface area (Å²) in [5, 5.41) is 11.7. The van der Waals surface area contributed by atoms with Gasteiger partial charge in [-0.1, -0.05) is 26.0 Å². The van der Waals surface area contributed by atoms with Gasteiger partial charge in [-0.3, -0.25) is 0 Å². The van der Waals surface area contributed by atoms with E-state index in [4.69, 9.17) is 5.11 Å².